The highest BCUT2D eigenvalue weighted by molar-refractivity contribution is 5.56. The van der Waals surface area contributed by atoms with Crippen LogP contribution in [0.25, 0.3) is 0 Å². The van der Waals surface area contributed by atoms with E-state index in [2.05, 4.69) is 10.2 Å². The summed E-state index contributed by atoms with van der Waals surface area (Å²) in [4.78, 5) is 2.39. The molecule has 0 unspecified atom stereocenters. The van der Waals surface area contributed by atoms with Crippen molar-refractivity contribution in [2.24, 2.45) is 0 Å². The van der Waals surface area contributed by atoms with E-state index in [4.69, 9.17) is 9.47 Å². The first kappa shape index (κ1) is 16.0. The van der Waals surface area contributed by atoms with Crippen LogP contribution in [-0.2, 0) is 6.42 Å². The highest BCUT2D eigenvalue weighted by Crippen LogP contribution is 2.39. The Hall–Kier alpha value is -1.33. The molecule has 1 N–H and O–H groups in total. The van der Waals surface area contributed by atoms with E-state index < -0.39 is 0 Å². The fraction of sp³-hybridized carbons (Fsp3) is 0.625. The highest BCUT2D eigenvalue weighted by Gasteiger charge is 2.22. The Bertz CT molecular complexity index is 500. The van der Waals surface area contributed by atoms with Gasteiger partial charge in [-0.25, -0.2) is 4.39 Å². The molecule has 1 heterocycles. The van der Waals surface area contributed by atoms with Crippen LogP contribution in [0.4, 0.5) is 4.39 Å². The lowest BCUT2D eigenvalue weighted by Crippen LogP contribution is -2.44. The summed E-state index contributed by atoms with van der Waals surface area (Å²) in [5, 5.41) is 3.34. The van der Waals surface area contributed by atoms with Crippen molar-refractivity contribution >= 4 is 0 Å². The molecule has 1 aliphatic heterocycles. The Labute approximate surface area is 126 Å². The first-order valence-electron chi connectivity index (χ1n) is 7.42. The number of nitrogens with zero attached hydrogens (tertiary/aromatic N) is 1. The standard InChI is InChI=1S/C16H25FN2O2/c1-11-13(5-8-19-9-6-18-7-10-19)16(21-4)15(20-3)12(2)14(11)17/h18H,5-10H2,1-4H3. The molecular formula is C16H25FN2O2. The Kier molecular flexibility index (Phi) is 5.42. The minimum Gasteiger partial charge on any atom is -0.493 e. The van der Waals surface area contributed by atoms with E-state index in [-0.39, 0.29) is 5.82 Å². The summed E-state index contributed by atoms with van der Waals surface area (Å²) < 4.78 is 25.2. The predicted molar refractivity (Wildman–Crippen MR) is 82.0 cm³/mol. The van der Waals surface area contributed by atoms with Gasteiger partial charge in [0, 0.05) is 43.9 Å². The summed E-state index contributed by atoms with van der Waals surface area (Å²) in [5.41, 5.74) is 2.09. The van der Waals surface area contributed by atoms with Gasteiger partial charge in [-0.05, 0) is 25.8 Å². The lowest BCUT2D eigenvalue weighted by Gasteiger charge is -2.28. The topological polar surface area (TPSA) is 33.7 Å². The molecule has 1 saturated heterocycles. The van der Waals surface area contributed by atoms with Crippen LogP contribution in [0.1, 0.15) is 16.7 Å². The maximum Gasteiger partial charge on any atom is 0.166 e. The quantitative estimate of drug-likeness (QED) is 0.900. The number of nitrogens with one attached hydrogen (secondary N) is 1. The molecule has 0 spiro atoms. The molecule has 5 heteroatoms. The van der Waals surface area contributed by atoms with Crippen LogP contribution in [-0.4, -0.2) is 51.8 Å². The molecule has 2 rings (SSSR count). The third kappa shape index (κ3) is 3.30. The molecule has 118 valence electrons. The van der Waals surface area contributed by atoms with Crippen molar-refractivity contribution in [3.05, 3.63) is 22.5 Å². The van der Waals surface area contributed by atoms with Crippen LogP contribution in [0, 0.1) is 19.7 Å². The maximum atomic E-state index is 14.4. The van der Waals surface area contributed by atoms with Gasteiger partial charge in [-0.15, -0.1) is 0 Å². The minimum absolute atomic E-state index is 0.192. The van der Waals surface area contributed by atoms with Crippen molar-refractivity contribution in [1.29, 1.82) is 0 Å². The highest BCUT2D eigenvalue weighted by atomic mass is 19.1. The molecule has 0 aliphatic carbocycles. The first-order valence-corrected chi connectivity index (χ1v) is 7.42. The molecule has 1 aliphatic rings. The number of ether oxygens (including phenoxy) is 2. The Morgan fingerprint density at radius 1 is 1.05 bits per heavy atom. The average molecular weight is 296 g/mol. The Morgan fingerprint density at radius 2 is 1.67 bits per heavy atom. The molecule has 0 radical (unpaired) electrons. The van der Waals surface area contributed by atoms with E-state index >= 15 is 0 Å². The van der Waals surface area contributed by atoms with Crippen LogP contribution in [0.5, 0.6) is 11.5 Å². The van der Waals surface area contributed by atoms with E-state index in [0.29, 0.717) is 22.6 Å². The third-order valence-electron chi connectivity index (χ3n) is 4.23. The summed E-state index contributed by atoms with van der Waals surface area (Å²) in [6.45, 7) is 8.55. The smallest absolute Gasteiger partial charge is 0.166 e. The Morgan fingerprint density at radius 3 is 2.24 bits per heavy atom. The molecule has 0 aromatic heterocycles. The van der Waals surface area contributed by atoms with E-state index in [9.17, 15) is 4.39 Å². The van der Waals surface area contributed by atoms with Gasteiger partial charge in [0.15, 0.2) is 11.5 Å². The van der Waals surface area contributed by atoms with E-state index in [1.54, 1.807) is 21.1 Å². The molecular weight excluding hydrogens is 271 g/mol. The predicted octanol–water partition coefficient (Wildman–Crippen LogP) is 1.91. The van der Waals surface area contributed by atoms with Gasteiger partial charge in [-0.3, -0.25) is 0 Å². The summed E-state index contributed by atoms with van der Waals surface area (Å²) in [7, 11) is 3.17. The molecule has 1 aromatic carbocycles. The van der Waals surface area contributed by atoms with Crippen molar-refractivity contribution in [3.8, 4) is 11.5 Å². The summed E-state index contributed by atoms with van der Waals surface area (Å²) in [6, 6.07) is 0. The summed E-state index contributed by atoms with van der Waals surface area (Å²) >= 11 is 0. The van der Waals surface area contributed by atoms with Crippen molar-refractivity contribution < 1.29 is 13.9 Å². The van der Waals surface area contributed by atoms with Crippen molar-refractivity contribution in [2.45, 2.75) is 20.3 Å². The number of piperazine rings is 1. The SMILES string of the molecule is COc1c(C)c(F)c(C)c(CCN2CCNCC2)c1OC. The van der Waals surface area contributed by atoms with Crippen molar-refractivity contribution in [1.82, 2.24) is 10.2 Å². The van der Waals surface area contributed by atoms with Crippen LogP contribution >= 0.6 is 0 Å². The third-order valence-corrected chi connectivity index (χ3v) is 4.23. The monoisotopic (exact) mass is 296 g/mol. The molecule has 21 heavy (non-hydrogen) atoms. The molecule has 0 bridgehead atoms. The fourth-order valence-corrected chi connectivity index (χ4v) is 2.96. The molecule has 1 fully saturated rings. The van der Waals surface area contributed by atoms with E-state index in [0.717, 1.165) is 44.7 Å². The number of hydrogen-bond donors (Lipinski definition) is 1. The van der Waals surface area contributed by atoms with Gasteiger partial charge in [-0.2, -0.15) is 0 Å². The minimum atomic E-state index is -0.192. The van der Waals surface area contributed by atoms with Crippen LogP contribution in [0.15, 0.2) is 0 Å². The van der Waals surface area contributed by atoms with Gasteiger partial charge in [0.1, 0.15) is 5.82 Å². The van der Waals surface area contributed by atoms with Crippen LogP contribution < -0.4 is 14.8 Å². The average Bonchev–Trinajstić information content (AvgIpc) is 2.52. The lowest BCUT2D eigenvalue weighted by atomic mass is 9.99. The first-order chi connectivity index (χ1) is 10.1. The molecule has 1 aromatic rings. The lowest BCUT2D eigenvalue weighted by molar-refractivity contribution is 0.242. The van der Waals surface area contributed by atoms with Gasteiger partial charge in [0.05, 0.1) is 14.2 Å². The summed E-state index contributed by atoms with van der Waals surface area (Å²) in [6.07, 6.45) is 0.766. The van der Waals surface area contributed by atoms with E-state index in [1.165, 1.54) is 0 Å². The zero-order valence-corrected chi connectivity index (χ0v) is 13.4. The van der Waals surface area contributed by atoms with Gasteiger partial charge in [-0.1, -0.05) is 0 Å². The largest absolute Gasteiger partial charge is 0.493 e. The fourth-order valence-electron chi connectivity index (χ4n) is 2.96. The second-order valence-corrected chi connectivity index (χ2v) is 5.45. The van der Waals surface area contributed by atoms with Gasteiger partial charge in [0.2, 0.25) is 0 Å². The number of halogens is 1. The van der Waals surface area contributed by atoms with E-state index in [1.807, 2.05) is 6.92 Å². The summed E-state index contributed by atoms with van der Waals surface area (Å²) in [5.74, 6) is 0.989. The second kappa shape index (κ2) is 7.09. The van der Waals surface area contributed by atoms with Gasteiger partial charge >= 0.3 is 0 Å². The molecule has 0 atom stereocenters. The zero-order chi connectivity index (χ0) is 15.4. The molecule has 0 saturated carbocycles. The van der Waals surface area contributed by atoms with Crippen LogP contribution in [0.3, 0.4) is 0 Å². The van der Waals surface area contributed by atoms with Crippen molar-refractivity contribution in [2.75, 3.05) is 46.9 Å². The Balaban J connectivity index is 2.26. The number of hydrogen-bond acceptors (Lipinski definition) is 4. The second-order valence-electron chi connectivity index (χ2n) is 5.45. The van der Waals surface area contributed by atoms with Gasteiger partial charge < -0.3 is 19.7 Å². The van der Waals surface area contributed by atoms with Gasteiger partial charge in [0.25, 0.3) is 0 Å². The zero-order valence-electron chi connectivity index (χ0n) is 13.4. The molecule has 0 amide bonds. The number of benzene rings is 1. The molecule has 4 nitrogen and oxygen atoms in total. The normalized spacial score (nSPS) is 16.0. The number of rotatable bonds is 5. The van der Waals surface area contributed by atoms with Crippen LogP contribution in [0.2, 0.25) is 0 Å². The maximum absolute atomic E-state index is 14.4. The van der Waals surface area contributed by atoms with Crippen molar-refractivity contribution in [3.63, 3.8) is 0 Å². The number of methoxy groups -OCH3 is 2.